The van der Waals surface area contributed by atoms with Crippen LogP contribution in [0.1, 0.15) is 19.8 Å². The Balaban J connectivity index is 2.03. The Morgan fingerprint density at radius 2 is 2.24 bits per heavy atom. The monoisotopic (exact) mass is 325 g/mol. The molecule has 114 valence electrons. The van der Waals surface area contributed by atoms with Gasteiger partial charge in [0, 0.05) is 26.3 Å². The maximum Gasteiger partial charge on any atom is 0.246 e. The molecule has 2 aromatic heterocycles. The van der Waals surface area contributed by atoms with Crippen LogP contribution in [0.25, 0.3) is 10.6 Å². The average molecular weight is 325 g/mol. The lowest BCUT2D eigenvalue weighted by molar-refractivity contribution is 0.281. The summed E-state index contributed by atoms with van der Waals surface area (Å²) in [6.45, 7) is 3.30. The van der Waals surface area contributed by atoms with Crippen LogP contribution in [0.3, 0.4) is 0 Å². The summed E-state index contributed by atoms with van der Waals surface area (Å²) in [5.41, 5.74) is 0.561. The van der Waals surface area contributed by atoms with Gasteiger partial charge >= 0.3 is 0 Å². The quantitative estimate of drug-likeness (QED) is 0.871. The molecule has 0 spiro atoms. The SMILES string of the molecule is CC1CCCN(S(=O)(=O)c2cn(C)nc2-c2cccs2)C1. The first-order chi connectivity index (χ1) is 9.98. The summed E-state index contributed by atoms with van der Waals surface area (Å²) in [5.74, 6) is 0.412. The molecule has 0 radical (unpaired) electrons. The van der Waals surface area contributed by atoms with E-state index >= 15 is 0 Å². The lowest BCUT2D eigenvalue weighted by Gasteiger charge is -2.29. The molecule has 1 aliphatic rings. The second kappa shape index (κ2) is 5.55. The van der Waals surface area contributed by atoms with E-state index in [0.29, 0.717) is 29.6 Å². The van der Waals surface area contributed by atoms with Gasteiger partial charge in [0.15, 0.2) is 0 Å². The molecule has 1 unspecified atom stereocenters. The maximum absolute atomic E-state index is 12.9. The van der Waals surface area contributed by atoms with Crippen molar-refractivity contribution >= 4 is 21.4 Å². The Kier molecular flexibility index (Phi) is 3.90. The van der Waals surface area contributed by atoms with Crippen molar-refractivity contribution in [3.05, 3.63) is 23.7 Å². The van der Waals surface area contributed by atoms with E-state index in [-0.39, 0.29) is 0 Å². The molecule has 1 aliphatic heterocycles. The van der Waals surface area contributed by atoms with Gasteiger partial charge < -0.3 is 0 Å². The van der Waals surface area contributed by atoms with E-state index in [1.165, 1.54) is 11.3 Å². The summed E-state index contributed by atoms with van der Waals surface area (Å²) in [5, 5.41) is 6.29. The molecule has 0 aromatic carbocycles. The molecule has 2 aromatic rings. The molecule has 1 atom stereocenters. The fourth-order valence-corrected chi connectivity index (χ4v) is 5.31. The Bertz CT molecular complexity index is 719. The van der Waals surface area contributed by atoms with Gasteiger partial charge in [-0.2, -0.15) is 9.40 Å². The fourth-order valence-electron chi connectivity index (χ4n) is 2.74. The molecule has 0 aliphatic carbocycles. The van der Waals surface area contributed by atoms with Crippen LogP contribution in [0.4, 0.5) is 0 Å². The van der Waals surface area contributed by atoms with Gasteiger partial charge in [-0.1, -0.05) is 13.0 Å². The van der Waals surface area contributed by atoms with Gasteiger partial charge in [-0.05, 0) is 30.2 Å². The van der Waals surface area contributed by atoms with Gasteiger partial charge in [-0.15, -0.1) is 11.3 Å². The maximum atomic E-state index is 12.9. The summed E-state index contributed by atoms with van der Waals surface area (Å²) in [6, 6.07) is 3.82. The van der Waals surface area contributed by atoms with Crippen molar-refractivity contribution in [3.63, 3.8) is 0 Å². The third kappa shape index (κ3) is 2.77. The zero-order valence-corrected chi connectivity index (χ0v) is 13.8. The van der Waals surface area contributed by atoms with E-state index in [4.69, 9.17) is 0 Å². The number of sulfonamides is 1. The molecule has 0 saturated carbocycles. The summed E-state index contributed by atoms with van der Waals surface area (Å²) >= 11 is 1.51. The minimum absolute atomic E-state index is 0.321. The van der Waals surface area contributed by atoms with Crippen molar-refractivity contribution in [3.8, 4) is 10.6 Å². The minimum Gasteiger partial charge on any atom is -0.274 e. The summed E-state index contributed by atoms with van der Waals surface area (Å²) in [7, 11) is -1.72. The second-order valence-electron chi connectivity index (χ2n) is 5.60. The van der Waals surface area contributed by atoms with Crippen molar-refractivity contribution in [1.82, 2.24) is 14.1 Å². The zero-order valence-electron chi connectivity index (χ0n) is 12.2. The highest BCUT2D eigenvalue weighted by Gasteiger charge is 2.32. The van der Waals surface area contributed by atoms with E-state index in [0.717, 1.165) is 17.7 Å². The van der Waals surface area contributed by atoms with Crippen molar-refractivity contribution < 1.29 is 8.42 Å². The first kappa shape index (κ1) is 14.7. The summed E-state index contributed by atoms with van der Waals surface area (Å²) in [4.78, 5) is 1.21. The van der Waals surface area contributed by atoms with Gasteiger partial charge in [-0.25, -0.2) is 8.42 Å². The highest BCUT2D eigenvalue weighted by Crippen LogP contribution is 2.32. The Morgan fingerprint density at radius 1 is 1.43 bits per heavy atom. The number of piperidine rings is 1. The number of nitrogens with zero attached hydrogens (tertiary/aromatic N) is 3. The first-order valence-electron chi connectivity index (χ1n) is 7.06. The van der Waals surface area contributed by atoms with E-state index in [1.807, 2.05) is 17.5 Å². The van der Waals surface area contributed by atoms with Crippen LogP contribution in [0, 0.1) is 5.92 Å². The predicted molar refractivity (Wildman–Crippen MR) is 83.7 cm³/mol. The number of thiophene rings is 1. The van der Waals surface area contributed by atoms with Crippen LogP contribution in [-0.2, 0) is 17.1 Å². The van der Waals surface area contributed by atoms with Crippen molar-refractivity contribution in [2.75, 3.05) is 13.1 Å². The van der Waals surface area contributed by atoms with Crippen LogP contribution >= 0.6 is 11.3 Å². The van der Waals surface area contributed by atoms with Gasteiger partial charge in [0.2, 0.25) is 10.0 Å². The standard InChI is InChI=1S/C14H19N3O2S2/c1-11-5-3-7-17(9-11)21(18,19)13-10-16(2)15-14(13)12-6-4-8-20-12/h4,6,8,10-11H,3,5,7,9H2,1-2H3. The molecule has 3 rings (SSSR count). The van der Waals surface area contributed by atoms with Crippen molar-refractivity contribution in [1.29, 1.82) is 0 Å². The van der Waals surface area contributed by atoms with Gasteiger partial charge in [0.25, 0.3) is 0 Å². The van der Waals surface area contributed by atoms with E-state index in [2.05, 4.69) is 12.0 Å². The number of hydrogen-bond donors (Lipinski definition) is 0. The van der Waals surface area contributed by atoms with Crippen molar-refractivity contribution in [2.24, 2.45) is 13.0 Å². The molecule has 5 nitrogen and oxygen atoms in total. The Hall–Kier alpha value is -1.18. The largest absolute Gasteiger partial charge is 0.274 e. The van der Waals surface area contributed by atoms with Gasteiger partial charge in [0.1, 0.15) is 10.6 Å². The lowest BCUT2D eigenvalue weighted by Crippen LogP contribution is -2.39. The normalized spacial score (nSPS) is 20.8. The van der Waals surface area contributed by atoms with Crippen LogP contribution in [-0.4, -0.2) is 35.6 Å². The molecule has 1 saturated heterocycles. The van der Waals surface area contributed by atoms with Gasteiger partial charge in [0.05, 0.1) is 4.88 Å². The van der Waals surface area contributed by atoms with Crippen LogP contribution in [0.2, 0.25) is 0 Å². The van der Waals surface area contributed by atoms with E-state index < -0.39 is 10.0 Å². The molecule has 0 bridgehead atoms. The highest BCUT2D eigenvalue weighted by molar-refractivity contribution is 7.89. The lowest BCUT2D eigenvalue weighted by atomic mass is 10.0. The van der Waals surface area contributed by atoms with Crippen LogP contribution in [0.5, 0.6) is 0 Å². The smallest absolute Gasteiger partial charge is 0.246 e. The number of rotatable bonds is 3. The number of hydrogen-bond acceptors (Lipinski definition) is 4. The first-order valence-corrected chi connectivity index (χ1v) is 9.38. The van der Waals surface area contributed by atoms with Crippen LogP contribution < -0.4 is 0 Å². The number of aromatic nitrogens is 2. The molecule has 1 fully saturated rings. The van der Waals surface area contributed by atoms with E-state index in [1.54, 1.807) is 22.2 Å². The molecule has 7 heteroatoms. The Labute approximate surface area is 129 Å². The molecule has 3 heterocycles. The molecular formula is C14H19N3O2S2. The van der Waals surface area contributed by atoms with Gasteiger partial charge in [-0.3, -0.25) is 4.68 Å². The Morgan fingerprint density at radius 3 is 2.90 bits per heavy atom. The predicted octanol–water partition coefficient (Wildman–Crippen LogP) is 2.57. The average Bonchev–Trinajstić information content (AvgIpc) is 3.07. The summed E-state index contributed by atoms with van der Waals surface area (Å²) < 4.78 is 29.1. The zero-order chi connectivity index (χ0) is 15.0. The second-order valence-corrected chi connectivity index (χ2v) is 8.46. The topological polar surface area (TPSA) is 55.2 Å². The third-order valence-corrected chi connectivity index (χ3v) is 6.53. The molecule has 21 heavy (non-hydrogen) atoms. The molecular weight excluding hydrogens is 306 g/mol. The highest BCUT2D eigenvalue weighted by atomic mass is 32.2. The third-order valence-electron chi connectivity index (χ3n) is 3.79. The fraction of sp³-hybridized carbons (Fsp3) is 0.500. The minimum atomic E-state index is -3.47. The number of aryl methyl sites for hydroxylation is 1. The summed E-state index contributed by atoms with van der Waals surface area (Å²) in [6.07, 6.45) is 3.63. The van der Waals surface area contributed by atoms with Crippen LogP contribution in [0.15, 0.2) is 28.6 Å². The van der Waals surface area contributed by atoms with Crippen molar-refractivity contribution in [2.45, 2.75) is 24.7 Å². The molecule has 0 N–H and O–H groups in total. The van der Waals surface area contributed by atoms with E-state index in [9.17, 15) is 8.42 Å². The molecule has 0 amide bonds.